The van der Waals surface area contributed by atoms with Gasteiger partial charge in [0.15, 0.2) is 11.8 Å². The number of aryl methyl sites for hydroxylation is 1. The van der Waals surface area contributed by atoms with Crippen LogP contribution in [0.3, 0.4) is 0 Å². The SMILES string of the molecule is Cc1nnc(CN=C(NCCc2ccc(C(C)(C)C)cc2)NCCN2CCOCC2)n1C.I. The monoisotopic (exact) mass is 569 g/mol. The van der Waals surface area contributed by atoms with Crippen LogP contribution < -0.4 is 10.6 Å². The first kappa shape index (κ1) is 27.5. The van der Waals surface area contributed by atoms with E-state index in [0.717, 1.165) is 70.0 Å². The van der Waals surface area contributed by atoms with E-state index in [2.05, 4.69) is 70.8 Å². The van der Waals surface area contributed by atoms with E-state index in [-0.39, 0.29) is 29.4 Å². The van der Waals surface area contributed by atoms with E-state index in [1.165, 1.54) is 11.1 Å². The molecular weight excluding hydrogens is 529 g/mol. The Hall–Kier alpha value is -1.72. The number of nitrogens with one attached hydrogen (secondary N) is 2. The van der Waals surface area contributed by atoms with Gasteiger partial charge in [0.05, 0.1) is 13.2 Å². The summed E-state index contributed by atoms with van der Waals surface area (Å²) in [6.45, 7) is 15.4. The van der Waals surface area contributed by atoms with Gasteiger partial charge in [0.1, 0.15) is 12.4 Å². The van der Waals surface area contributed by atoms with Gasteiger partial charge in [-0.15, -0.1) is 34.2 Å². The molecule has 1 aliphatic rings. The molecule has 0 radical (unpaired) electrons. The van der Waals surface area contributed by atoms with Crippen LogP contribution in [0.4, 0.5) is 0 Å². The van der Waals surface area contributed by atoms with Crippen LogP contribution in [0.1, 0.15) is 43.5 Å². The predicted octanol–water partition coefficient (Wildman–Crippen LogP) is 2.65. The molecule has 0 unspecified atom stereocenters. The largest absolute Gasteiger partial charge is 0.379 e. The van der Waals surface area contributed by atoms with Crippen molar-refractivity contribution in [3.63, 3.8) is 0 Å². The Morgan fingerprint density at radius 1 is 1.06 bits per heavy atom. The molecular formula is C24H40IN7O. The molecule has 0 bridgehead atoms. The second kappa shape index (κ2) is 13.2. The maximum atomic E-state index is 5.44. The van der Waals surface area contributed by atoms with Crippen molar-refractivity contribution in [2.75, 3.05) is 45.9 Å². The third-order valence-electron chi connectivity index (χ3n) is 5.91. The lowest BCUT2D eigenvalue weighted by Gasteiger charge is -2.26. The third-order valence-corrected chi connectivity index (χ3v) is 5.91. The molecule has 2 aromatic rings. The lowest BCUT2D eigenvalue weighted by Crippen LogP contribution is -2.44. The van der Waals surface area contributed by atoms with Gasteiger partial charge in [0.2, 0.25) is 0 Å². The van der Waals surface area contributed by atoms with Crippen LogP contribution in [-0.4, -0.2) is 71.6 Å². The number of ether oxygens (including phenoxy) is 1. The minimum Gasteiger partial charge on any atom is -0.379 e. The molecule has 1 aliphatic heterocycles. The van der Waals surface area contributed by atoms with Crippen molar-refractivity contribution in [1.82, 2.24) is 30.3 Å². The van der Waals surface area contributed by atoms with Gasteiger partial charge in [0, 0.05) is 39.8 Å². The number of rotatable bonds is 8. The highest BCUT2D eigenvalue weighted by Crippen LogP contribution is 2.22. The van der Waals surface area contributed by atoms with Gasteiger partial charge in [0.25, 0.3) is 0 Å². The number of morpholine rings is 1. The molecule has 0 amide bonds. The smallest absolute Gasteiger partial charge is 0.191 e. The molecule has 1 aromatic heterocycles. The van der Waals surface area contributed by atoms with Gasteiger partial charge in [-0.25, -0.2) is 4.99 Å². The van der Waals surface area contributed by atoms with Crippen LogP contribution in [0.5, 0.6) is 0 Å². The topological polar surface area (TPSA) is 79.6 Å². The van der Waals surface area contributed by atoms with Gasteiger partial charge in [-0.2, -0.15) is 0 Å². The van der Waals surface area contributed by atoms with Crippen molar-refractivity contribution < 1.29 is 4.74 Å². The van der Waals surface area contributed by atoms with Gasteiger partial charge < -0.3 is 19.9 Å². The number of halogens is 1. The Labute approximate surface area is 215 Å². The van der Waals surface area contributed by atoms with Crippen molar-refractivity contribution in [3.05, 3.63) is 47.0 Å². The molecule has 9 heteroatoms. The molecule has 1 saturated heterocycles. The maximum Gasteiger partial charge on any atom is 0.191 e. The van der Waals surface area contributed by atoms with Gasteiger partial charge in [-0.05, 0) is 29.9 Å². The van der Waals surface area contributed by atoms with E-state index in [4.69, 9.17) is 9.73 Å². The minimum atomic E-state index is 0. The molecule has 1 fully saturated rings. The van der Waals surface area contributed by atoms with Crippen LogP contribution in [0.15, 0.2) is 29.3 Å². The fourth-order valence-electron chi connectivity index (χ4n) is 3.57. The lowest BCUT2D eigenvalue weighted by atomic mass is 9.86. The Morgan fingerprint density at radius 2 is 1.73 bits per heavy atom. The first-order chi connectivity index (χ1) is 15.3. The summed E-state index contributed by atoms with van der Waals surface area (Å²) in [6, 6.07) is 8.93. The second-order valence-electron chi connectivity index (χ2n) is 9.39. The van der Waals surface area contributed by atoms with Crippen LogP contribution >= 0.6 is 24.0 Å². The summed E-state index contributed by atoms with van der Waals surface area (Å²) >= 11 is 0. The Bertz CT molecular complexity index is 868. The Morgan fingerprint density at radius 3 is 2.33 bits per heavy atom. The van der Waals surface area contributed by atoms with E-state index < -0.39 is 0 Å². The van der Waals surface area contributed by atoms with Crippen molar-refractivity contribution in [2.24, 2.45) is 12.0 Å². The van der Waals surface area contributed by atoms with Crippen molar-refractivity contribution in [2.45, 2.75) is 46.1 Å². The average molecular weight is 570 g/mol. The summed E-state index contributed by atoms with van der Waals surface area (Å²) in [5, 5.41) is 15.3. The van der Waals surface area contributed by atoms with E-state index in [1.54, 1.807) is 0 Å². The summed E-state index contributed by atoms with van der Waals surface area (Å²) in [5.74, 6) is 2.56. The van der Waals surface area contributed by atoms with E-state index in [1.807, 2.05) is 18.5 Å². The number of aromatic nitrogens is 3. The number of nitrogens with zero attached hydrogens (tertiary/aromatic N) is 5. The zero-order valence-corrected chi connectivity index (χ0v) is 23.1. The van der Waals surface area contributed by atoms with Gasteiger partial charge in [-0.3, -0.25) is 4.90 Å². The Kier molecular flexibility index (Phi) is 11.0. The van der Waals surface area contributed by atoms with Crippen molar-refractivity contribution in [1.29, 1.82) is 0 Å². The normalized spacial score (nSPS) is 15.2. The summed E-state index contributed by atoms with van der Waals surface area (Å²) in [6.07, 6.45) is 0.942. The molecule has 2 N–H and O–H groups in total. The molecule has 0 aliphatic carbocycles. The number of hydrogen-bond donors (Lipinski definition) is 2. The van der Waals surface area contributed by atoms with E-state index in [0.29, 0.717) is 6.54 Å². The quantitative estimate of drug-likeness (QED) is 0.289. The first-order valence-corrected chi connectivity index (χ1v) is 11.6. The number of benzene rings is 1. The maximum absolute atomic E-state index is 5.44. The summed E-state index contributed by atoms with van der Waals surface area (Å²) in [7, 11) is 1.97. The van der Waals surface area contributed by atoms with E-state index >= 15 is 0 Å². The molecule has 33 heavy (non-hydrogen) atoms. The van der Waals surface area contributed by atoms with Crippen LogP contribution in [0.2, 0.25) is 0 Å². The molecule has 184 valence electrons. The Balaban J connectivity index is 0.00000385. The lowest BCUT2D eigenvalue weighted by molar-refractivity contribution is 0.0389. The number of guanidine groups is 1. The zero-order valence-electron chi connectivity index (χ0n) is 20.7. The highest BCUT2D eigenvalue weighted by atomic mass is 127. The highest BCUT2D eigenvalue weighted by Gasteiger charge is 2.13. The highest BCUT2D eigenvalue weighted by molar-refractivity contribution is 14.0. The number of hydrogen-bond acceptors (Lipinski definition) is 5. The molecule has 1 aromatic carbocycles. The minimum absolute atomic E-state index is 0. The molecule has 0 spiro atoms. The molecule has 3 rings (SSSR count). The summed E-state index contributed by atoms with van der Waals surface area (Å²) in [4.78, 5) is 7.17. The molecule has 8 nitrogen and oxygen atoms in total. The van der Waals surface area contributed by atoms with Gasteiger partial charge in [-0.1, -0.05) is 45.0 Å². The van der Waals surface area contributed by atoms with E-state index in [9.17, 15) is 0 Å². The van der Waals surface area contributed by atoms with Crippen molar-refractivity contribution >= 4 is 29.9 Å². The average Bonchev–Trinajstić information content (AvgIpc) is 3.10. The van der Waals surface area contributed by atoms with Crippen molar-refractivity contribution in [3.8, 4) is 0 Å². The second-order valence-corrected chi connectivity index (χ2v) is 9.39. The number of aliphatic imine (C=N–C) groups is 1. The van der Waals surface area contributed by atoms with Gasteiger partial charge >= 0.3 is 0 Å². The zero-order chi connectivity index (χ0) is 23.0. The summed E-state index contributed by atoms with van der Waals surface area (Å²) in [5.41, 5.74) is 2.86. The van der Waals surface area contributed by atoms with Crippen LogP contribution in [0.25, 0.3) is 0 Å². The molecule has 2 heterocycles. The molecule has 0 atom stereocenters. The first-order valence-electron chi connectivity index (χ1n) is 11.6. The van der Waals surface area contributed by atoms with Crippen LogP contribution in [0, 0.1) is 6.92 Å². The fraction of sp³-hybridized carbons (Fsp3) is 0.625. The van der Waals surface area contributed by atoms with Crippen LogP contribution in [-0.2, 0) is 30.2 Å². The summed E-state index contributed by atoms with van der Waals surface area (Å²) < 4.78 is 7.41. The standard InChI is InChI=1S/C24H39N7O.HI/c1-19-28-29-22(30(19)5)18-27-23(26-12-13-31-14-16-32-17-15-31)25-11-10-20-6-8-21(9-7-20)24(2,3)4;/h6-9H,10-18H2,1-5H3,(H2,25,26,27);1H. The third kappa shape index (κ3) is 8.86. The fourth-order valence-corrected chi connectivity index (χ4v) is 3.57. The predicted molar refractivity (Wildman–Crippen MR) is 144 cm³/mol. The molecule has 0 saturated carbocycles.